The van der Waals surface area contributed by atoms with Gasteiger partial charge in [-0.1, -0.05) is 0 Å². The van der Waals surface area contributed by atoms with Gasteiger partial charge in [-0.25, -0.2) is 4.98 Å². The molecule has 3 rings (SSSR count). The van der Waals surface area contributed by atoms with Gasteiger partial charge in [0.1, 0.15) is 5.01 Å². The fourth-order valence-corrected chi connectivity index (χ4v) is 4.84. The molecule has 0 saturated carbocycles. The van der Waals surface area contributed by atoms with Gasteiger partial charge in [-0.15, -0.1) is 11.3 Å². The van der Waals surface area contributed by atoms with Crippen molar-refractivity contribution in [1.29, 1.82) is 0 Å². The van der Waals surface area contributed by atoms with Crippen LogP contribution in [0, 0.1) is 0 Å². The number of rotatable bonds is 3. The van der Waals surface area contributed by atoms with E-state index in [1.165, 1.54) is 36.4 Å². The number of fused-ring (bicyclic) bond motifs is 1. The summed E-state index contributed by atoms with van der Waals surface area (Å²) in [5, 5.41) is 5.15. The Morgan fingerprint density at radius 1 is 1.15 bits per heavy atom. The minimum Gasteiger partial charge on any atom is -0.381 e. The van der Waals surface area contributed by atoms with Crippen LogP contribution in [0.2, 0.25) is 0 Å². The highest BCUT2D eigenvalue weighted by atomic mass is 32.1. The van der Waals surface area contributed by atoms with E-state index in [0.717, 1.165) is 32.5 Å². The normalized spacial score (nSPS) is 27.4. The number of nitrogens with zero attached hydrogens (tertiary/aromatic N) is 1. The Balaban J connectivity index is 1.93. The van der Waals surface area contributed by atoms with Crippen LogP contribution in [0.5, 0.6) is 0 Å². The minimum absolute atomic E-state index is 0.0483. The van der Waals surface area contributed by atoms with Crippen LogP contribution in [0.4, 0.5) is 0 Å². The van der Waals surface area contributed by atoms with Crippen LogP contribution >= 0.6 is 11.3 Å². The van der Waals surface area contributed by atoms with E-state index >= 15 is 0 Å². The summed E-state index contributed by atoms with van der Waals surface area (Å²) in [6, 6.07) is 0.481. The Labute approximate surface area is 126 Å². The van der Waals surface area contributed by atoms with Crippen LogP contribution in [-0.2, 0) is 23.1 Å². The van der Waals surface area contributed by atoms with Crippen molar-refractivity contribution < 1.29 is 4.74 Å². The molecule has 20 heavy (non-hydrogen) atoms. The van der Waals surface area contributed by atoms with Gasteiger partial charge in [-0.3, -0.25) is 0 Å². The molecule has 1 fully saturated rings. The summed E-state index contributed by atoms with van der Waals surface area (Å²) in [6.07, 6.45) is 8.40. The van der Waals surface area contributed by atoms with Crippen LogP contribution in [0.3, 0.4) is 0 Å². The molecule has 0 aromatic carbocycles. The molecule has 1 aromatic rings. The summed E-state index contributed by atoms with van der Waals surface area (Å²) < 4.78 is 5.69. The molecule has 112 valence electrons. The first kappa shape index (κ1) is 14.5. The first-order valence-electron chi connectivity index (χ1n) is 8.04. The maximum Gasteiger partial charge on any atom is 0.113 e. The van der Waals surface area contributed by atoms with Gasteiger partial charge in [0.15, 0.2) is 0 Å². The average molecular weight is 294 g/mol. The second-order valence-electron chi connectivity index (χ2n) is 6.44. The number of aromatic nitrogens is 1. The Morgan fingerprint density at radius 2 is 2.00 bits per heavy atom. The number of ether oxygens (including phenoxy) is 1. The van der Waals surface area contributed by atoms with Gasteiger partial charge in [0.25, 0.3) is 0 Å². The highest BCUT2D eigenvalue weighted by Crippen LogP contribution is 2.38. The molecule has 2 heterocycles. The second-order valence-corrected chi connectivity index (χ2v) is 7.53. The lowest BCUT2D eigenvalue weighted by atomic mass is 9.90. The maximum absolute atomic E-state index is 5.69. The summed E-state index contributed by atoms with van der Waals surface area (Å²) in [7, 11) is 0. The fourth-order valence-electron chi connectivity index (χ4n) is 3.48. The third-order valence-electron chi connectivity index (χ3n) is 4.39. The van der Waals surface area contributed by atoms with E-state index in [4.69, 9.17) is 9.72 Å². The van der Waals surface area contributed by atoms with Crippen molar-refractivity contribution >= 4 is 11.3 Å². The molecule has 1 atom stereocenters. The number of hydrogen-bond donors (Lipinski definition) is 1. The summed E-state index contributed by atoms with van der Waals surface area (Å²) in [5.41, 5.74) is 1.43. The van der Waals surface area contributed by atoms with Crippen LogP contribution in [0.15, 0.2) is 0 Å². The highest BCUT2D eigenvalue weighted by molar-refractivity contribution is 7.11. The average Bonchev–Trinajstić information content (AvgIpc) is 2.73. The molecule has 0 bridgehead atoms. The highest BCUT2D eigenvalue weighted by Gasteiger charge is 2.37. The van der Waals surface area contributed by atoms with Crippen LogP contribution in [0.25, 0.3) is 0 Å². The molecule has 0 spiro atoms. The first-order valence-corrected chi connectivity index (χ1v) is 8.86. The fraction of sp³-hybridized carbons (Fsp3) is 0.812. The van der Waals surface area contributed by atoms with E-state index in [9.17, 15) is 0 Å². The summed E-state index contributed by atoms with van der Waals surface area (Å²) >= 11 is 1.96. The van der Waals surface area contributed by atoms with E-state index in [1.807, 2.05) is 11.3 Å². The molecule has 4 heteroatoms. The Bertz CT molecular complexity index is 424. The third kappa shape index (κ3) is 2.92. The topological polar surface area (TPSA) is 34.2 Å². The Kier molecular flexibility index (Phi) is 4.43. The molecular formula is C16H26N2OS. The lowest BCUT2D eigenvalue weighted by molar-refractivity contribution is 0.135. The van der Waals surface area contributed by atoms with Crippen molar-refractivity contribution in [1.82, 2.24) is 10.3 Å². The molecule has 2 aliphatic rings. The van der Waals surface area contributed by atoms with Crippen LogP contribution in [0.1, 0.15) is 61.5 Å². The van der Waals surface area contributed by atoms with E-state index in [-0.39, 0.29) is 5.54 Å². The molecule has 1 N–H and O–H groups in total. The van der Waals surface area contributed by atoms with E-state index in [1.54, 1.807) is 4.88 Å². The molecule has 0 radical (unpaired) electrons. The second kappa shape index (κ2) is 6.12. The molecule has 1 unspecified atom stereocenters. The zero-order valence-corrected chi connectivity index (χ0v) is 13.5. The summed E-state index contributed by atoms with van der Waals surface area (Å²) in [6.45, 7) is 6.22. The predicted octanol–water partition coefficient (Wildman–Crippen LogP) is 3.42. The van der Waals surface area contributed by atoms with Crippen molar-refractivity contribution in [3.63, 3.8) is 0 Å². The van der Waals surface area contributed by atoms with Crippen LogP contribution < -0.4 is 5.32 Å². The molecular weight excluding hydrogens is 268 g/mol. The zero-order valence-electron chi connectivity index (χ0n) is 12.7. The largest absolute Gasteiger partial charge is 0.381 e. The van der Waals surface area contributed by atoms with Gasteiger partial charge >= 0.3 is 0 Å². The van der Waals surface area contributed by atoms with Crippen LogP contribution in [-0.4, -0.2) is 24.2 Å². The van der Waals surface area contributed by atoms with Gasteiger partial charge < -0.3 is 10.1 Å². The maximum atomic E-state index is 5.69. The first-order chi connectivity index (χ1) is 9.70. The van der Waals surface area contributed by atoms with Crippen molar-refractivity contribution in [3.05, 3.63) is 15.6 Å². The lowest BCUT2D eigenvalue weighted by Crippen LogP contribution is -2.46. The molecule has 3 nitrogen and oxygen atoms in total. The molecule has 1 aromatic heterocycles. The van der Waals surface area contributed by atoms with Crippen molar-refractivity contribution in [3.8, 4) is 0 Å². The molecule has 1 aliphatic heterocycles. The SMILES string of the molecule is CC(C)NC1(c2nc3c(s2)CCCC3)CCCOCC1. The Hall–Kier alpha value is -0.450. The standard InChI is InChI=1S/C16H26N2OS/c1-12(2)18-16(8-5-10-19-11-9-16)15-17-13-6-3-4-7-14(13)20-15/h12,18H,3-11H2,1-2H3. The van der Waals surface area contributed by atoms with E-state index in [2.05, 4.69) is 19.2 Å². The van der Waals surface area contributed by atoms with E-state index < -0.39 is 0 Å². The van der Waals surface area contributed by atoms with E-state index in [0.29, 0.717) is 6.04 Å². The predicted molar refractivity (Wildman–Crippen MR) is 83.4 cm³/mol. The summed E-state index contributed by atoms with van der Waals surface area (Å²) in [4.78, 5) is 6.58. The van der Waals surface area contributed by atoms with Crippen molar-refractivity contribution in [2.75, 3.05) is 13.2 Å². The number of nitrogens with one attached hydrogen (secondary N) is 1. The monoisotopic (exact) mass is 294 g/mol. The number of thiazole rings is 1. The Morgan fingerprint density at radius 3 is 2.80 bits per heavy atom. The van der Waals surface area contributed by atoms with Gasteiger partial charge in [0.05, 0.1) is 11.2 Å². The quantitative estimate of drug-likeness (QED) is 0.927. The van der Waals surface area contributed by atoms with Gasteiger partial charge in [-0.05, 0) is 58.8 Å². The summed E-state index contributed by atoms with van der Waals surface area (Å²) in [5.74, 6) is 0. The molecule has 1 saturated heterocycles. The number of hydrogen-bond acceptors (Lipinski definition) is 4. The minimum atomic E-state index is 0.0483. The third-order valence-corrected chi connectivity index (χ3v) is 5.75. The smallest absolute Gasteiger partial charge is 0.113 e. The van der Waals surface area contributed by atoms with Crippen molar-refractivity contribution in [2.45, 2.75) is 70.4 Å². The number of aryl methyl sites for hydroxylation is 2. The molecule has 0 amide bonds. The van der Waals surface area contributed by atoms with Gasteiger partial charge in [0.2, 0.25) is 0 Å². The zero-order chi connectivity index (χ0) is 14.0. The van der Waals surface area contributed by atoms with Crippen molar-refractivity contribution in [2.24, 2.45) is 0 Å². The lowest BCUT2D eigenvalue weighted by Gasteiger charge is -2.33. The van der Waals surface area contributed by atoms with Gasteiger partial charge in [-0.2, -0.15) is 0 Å². The molecule has 1 aliphatic carbocycles. The van der Waals surface area contributed by atoms with Gasteiger partial charge in [0, 0.05) is 24.1 Å².